The van der Waals surface area contributed by atoms with Crippen LogP contribution < -0.4 is 14.5 Å². The van der Waals surface area contributed by atoms with E-state index in [9.17, 15) is 0 Å². The molecule has 7 heteroatoms. The van der Waals surface area contributed by atoms with Gasteiger partial charge in [-0.1, -0.05) is 30.3 Å². The van der Waals surface area contributed by atoms with Crippen LogP contribution in [0.3, 0.4) is 0 Å². The Morgan fingerprint density at radius 2 is 1.48 bits per heavy atom. The van der Waals surface area contributed by atoms with Crippen molar-refractivity contribution in [2.45, 2.75) is 5.75 Å². The van der Waals surface area contributed by atoms with Crippen molar-refractivity contribution >= 4 is 29.8 Å². The molecule has 0 unspecified atom stereocenters. The number of hydrogen-bond acceptors (Lipinski definition) is 7. The topological polar surface area (TPSA) is 57.2 Å². The second kappa shape index (κ2) is 7.12. The van der Waals surface area contributed by atoms with Gasteiger partial charge in [-0.3, -0.25) is 4.72 Å². The van der Waals surface area contributed by atoms with Crippen molar-refractivity contribution in [1.29, 1.82) is 0 Å². The van der Waals surface area contributed by atoms with E-state index in [1.54, 1.807) is 11.9 Å². The second-order valence-corrected chi connectivity index (χ2v) is 5.71. The molecule has 1 heterocycles. The van der Waals surface area contributed by atoms with Crippen molar-refractivity contribution < 1.29 is 0 Å². The van der Waals surface area contributed by atoms with Gasteiger partial charge in [0.25, 0.3) is 0 Å². The van der Waals surface area contributed by atoms with Crippen LogP contribution in [-0.2, 0) is 5.75 Å². The van der Waals surface area contributed by atoms with Gasteiger partial charge in [0.05, 0.1) is 0 Å². The van der Waals surface area contributed by atoms with Crippen LogP contribution in [0.25, 0.3) is 0 Å². The highest BCUT2D eigenvalue weighted by molar-refractivity contribution is 7.99. The molecule has 0 spiro atoms. The highest BCUT2D eigenvalue weighted by Gasteiger charge is 2.09. The van der Waals surface area contributed by atoms with Crippen molar-refractivity contribution in [3.8, 4) is 0 Å². The highest BCUT2D eigenvalue weighted by atomic mass is 32.2. The van der Waals surface area contributed by atoms with Gasteiger partial charge in [0.2, 0.25) is 17.8 Å². The van der Waals surface area contributed by atoms with E-state index in [2.05, 4.69) is 31.8 Å². The summed E-state index contributed by atoms with van der Waals surface area (Å²) in [6, 6.07) is 10.3. The van der Waals surface area contributed by atoms with Gasteiger partial charge in [0, 0.05) is 33.9 Å². The number of nitrogens with one attached hydrogen (secondary N) is 1. The molecule has 0 atom stereocenters. The number of rotatable bonds is 6. The van der Waals surface area contributed by atoms with E-state index in [0.29, 0.717) is 17.8 Å². The van der Waals surface area contributed by atoms with Gasteiger partial charge in [-0.05, 0) is 17.5 Å². The first-order valence-electron chi connectivity index (χ1n) is 6.58. The van der Waals surface area contributed by atoms with Crippen LogP contribution in [0.15, 0.2) is 30.3 Å². The molecule has 112 valence electrons. The summed E-state index contributed by atoms with van der Waals surface area (Å²) in [6.45, 7) is 0. The molecule has 2 aromatic rings. The fraction of sp³-hybridized carbons (Fsp3) is 0.357. The lowest BCUT2D eigenvalue weighted by molar-refractivity contribution is 0.922. The molecule has 1 aromatic carbocycles. The summed E-state index contributed by atoms with van der Waals surface area (Å²) in [6.07, 6.45) is 0. The molecule has 1 aromatic heterocycles. The van der Waals surface area contributed by atoms with E-state index in [0.717, 1.165) is 5.75 Å². The molecular weight excluding hydrogens is 284 g/mol. The summed E-state index contributed by atoms with van der Waals surface area (Å²) in [4.78, 5) is 16.9. The van der Waals surface area contributed by atoms with E-state index in [1.165, 1.54) is 5.56 Å². The largest absolute Gasteiger partial charge is 0.347 e. The van der Waals surface area contributed by atoms with Gasteiger partial charge in [-0.25, -0.2) is 0 Å². The van der Waals surface area contributed by atoms with Crippen LogP contribution in [0.1, 0.15) is 5.56 Å². The van der Waals surface area contributed by atoms with E-state index >= 15 is 0 Å². The molecule has 0 fully saturated rings. The number of nitrogens with zero attached hydrogens (tertiary/aromatic N) is 5. The first-order chi connectivity index (χ1) is 10.1. The third-order valence-corrected chi connectivity index (χ3v) is 3.46. The van der Waals surface area contributed by atoms with Crippen LogP contribution in [-0.4, -0.2) is 43.1 Å². The monoisotopic (exact) mass is 304 g/mol. The van der Waals surface area contributed by atoms with Crippen molar-refractivity contribution in [1.82, 2.24) is 15.0 Å². The number of anilines is 3. The van der Waals surface area contributed by atoms with Gasteiger partial charge < -0.3 is 9.80 Å². The minimum absolute atomic E-state index is 0.568. The summed E-state index contributed by atoms with van der Waals surface area (Å²) < 4.78 is 3.18. The Morgan fingerprint density at radius 1 is 0.905 bits per heavy atom. The zero-order valence-corrected chi connectivity index (χ0v) is 13.6. The maximum atomic E-state index is 4.39. The molecule has 0 amide bonds. The number of benzene rings is 1. The molecule has 0 saturated carbocycles. The zero-order chi connectivity index (χ0) is 15.2. The minimum atomic E-state index is 0.568. The maximum absolute atomic E-state index is 4.39. The van der Waals surface area contributed by atoms with Crippen LogP contribution in [0.2, 0.25) is 0 Å². The summed E-state index contributed by atoms with van der Waals surface area (Å²) in [5.41, 5.74) is 1.25. The molecule has 0 bridgehead atoms. The molecule has 2 rings (SSSR count). The van der Waals surface area contributed by atoms with Crippen molar-refractivity contribution in [2.75, 3.05) is 42.7 Å². The Balaban J connectivity index is 2.05. The van der Waals surface area contributed by atoms with E-state index in [-0.39, 0.29) is 0 Å². The Morgan fingerprint density at radius 3 is 2.00 bits per heavy atom. The summed E-state index contributed by atoms with van der Waals surface area (Å²) >= 11 is 1.56. The maximum Gasteiger partial charge on any atom is 0.239 e. The summed E-state index contributed by atoms with van der Waals surface area (Å²) in [7, 11) is 7.65. The van der Waals surface area contributed by atoms with E-state index < -0.39 is 0 Å². The minimum Gasteiger partial charge on any atom is -0.347 e. The van der Waals surface area contributed by atoms with Gasteiger partial charge in [0.1, 0.15) is 0 Å². The molecule has 0 aliphatic heterocycles. The van der Waals surface area contributed by atoms with Crippen LogP contribution >= 0.6 is 11.9 Å². The second-order valence-electron chi connectivity index (χ2n) is 4.92. The standard InChI is InChI=1S/C14H20N6S/c1-19(2)13-15-12(16-14(17-13)20(3)4)18-21-10-11-8-6-5-7-9-11/h5-9H,10H2,1-4H3,(H,15,16,17,18). The Bertz CT molecular complexity index is 547. The molecular formula is C14H20N6S. The van der Waals surface area contributed by atoms with E-state index in [1.807, 2.05) is 56.2 Å². The molecule has 1 N–H and O–H groups in total. The molecule has 6 nitrogen and oxygen atoms in total. The van der Waals surface area contributed by atoms with Crippen LogP contribution in [0.4, 0.5) is 17.8 Å². The summed E-state index contributed by atoms with van der Waals surface area (Å²) in [5.74, 6) is 2.69. The normalized spacial score (nSPS) is 10.3. The Hall–Kier alpha value is -2.02. The fourth-order valence-corrected chi connectivity index (χ4v) is 2.21. The third kappa shape index (κ3) is 4.49. The lowest BCUT2D eigenvalue weighted by Crippen LogP contribution is -2.19. The SMILES string of the molecule is CN(C)c1nc(NSCc2ccccc2)nc(N(C)C)n1. The molecule has 0 aliphatic carbocycles. The van der Waals surface area contributed by atoms with Gasteiger partial charge >= 0.3 is 0 Å². The first kappa shape index (κ1) is 15.4. The summed E-state index contributed by atoms with van der Waals surface area (Å²) in [5, 5.41) is 0. The zero-order valence-electron chi connectivity index (χ0n) is 12.7. The third-order valence-electron chi connectivity index (χ3n) is 2.66. The quantitative estimate of drug-likeness (QED) is 0.821. The predicted octanol–water partition coefficient (Wildman–Crippen LogP) is 2.26. The lowest BCUT2D eigenvalue weighted by Gasteiger charge is -2.16. The lowest BCUT2D eigenvalue weighted by atomic mass is 10.2. The van der Waals surface area contributed by atoms with Crippen LogP contribution in [0, 0.1) is 0 Å². The van der Waals surface area contributed by atoms with Gasteiger partial charge in [-0.2, -0.15) is 15.0 Å². The highest BCUT2D eigenvalue weighted by Crippen LogP contribution is 2.18. The number of hydrogen-bond donors (Lipinski definition) is 1. The van der Waals surface area contributed by atoms with Gasteiger partial charge in [0.15, 0.2) is 0 Å². The molecule has 0 radical (unpaired) electrons. The molecule has 0 saturated heterocycles. The van der Waals surface area contributed by atoms with Crippen LogP contribution in [0.5, 0.6) is 0 Å². The first-order valence-corrected chi connectivity index (χ1v) is 7.57. The van der Waals surface area contributed by atoms with E-state index in [4.69, 9.17) is 0 Å². The van der Waals surface area contributed by atoms with Gasteiger partial charge in [-0.15, -0.1) is 0 Å². The number of aromatic nitrogens is 3. The molecule has 0 aliphatic rings. The molecule has 21 heavy (non-hydrogen) atoms. The Labute approximate surface area is 129 Å². The van der Waals surface area contributed by atoms with Crippen molar-refractivity contribution in [3.63, 3.8) is 0 Å². The smallest absolute Gasteiger partial charge is 0.239 e. The average Bonchev–Trinajstić information content (AvgIpc) is 2.48. The fourth-order valence-electron chi connectivity index (χ4n) is 1.56. The average molecular weight is 304 g/mol. The van der Waals surface area contributed by atoms with Crippen molar-refractivity contribution in [3.05, 3.63) is 35.9 Å². The van der Waals surface area contributed by atoms with Crippen molar-refractivity contribution in [2.24, 2.45) is 0 Å². The predicted molar refractivity (Wildman–Crippen MR) is 89.8 cm³/mol. The Kier molecular flexibility index (Phi) is 5.21.